The predicted molar refractivity (Wildman–Crippen MR) is 94.5 cm³/mol. The van der Waals surface area contributed by atoms with E-state index in [-0.39, 0.29) is 5.91 Å². The molecule has 0 bridgehead atoms. The van der Waals surface area contributed by atoms with Crippen molar-refractivity contribution >= 4 is 34.9 Å². The summed E-state index contributed by atoms with van der Waals surface area (Å²) in [6.07, 6.45) is 4.48. The standard InChI is InChI=1S/C18H14ClN3O3/c1-25-18(24)13-4-2-3-5-15(13)21-16-7-6-12(19)10-14(16)17(23)22-9-8-20-11-22/h2-11,21H,1H3. The van der Waals surface area contributed by atoms with Gasteiger partial charge in [0.15, 0.2) is 0 Å². The molecular weight excluding hydrogens is 342 g/mol. The Morgan fingerprint density at radius 1 is 1.12 bits per heavy atom. The highest BCUT2D eigenvalue weighted by Crippen LogP contribution is 2.27. The second kappa shape index (κ2) is 7.19. The second-order valence-corrected chi connectivity index (χ2v) is 5.56. The summed E-state index contributed by atoms with van der Waals surface area (Å²) in [5, 5.41) is 3.54. The van der Waals surface area contributed by atoms with Gasteiger partial charge in [0.25, 0.3) is 5.91 Å². The van der Waals surface area contributed by atoms with E-state index in [0.717, 1.165) is 0 Å². The van der Waals surface area contributed by atoms with Gasteiger partial charge >= 0.3 is 5.97 Å². The highest BCUT2D eigenvalue weighted by atomic mass is 35.5. The minimum absolute atomic E-state index is 0.293. The Bertz CT molecular complexity index is 923. The lowest BCUT2D eigenvalue weighted by molar-refractivity contribution is 0.0601. The third-order valence-electron chi connectivity index (χ3n) is 3.55. The number of halogens is 1. The topological polar surface area (TPSA) is 73.2 Å². The molecule has 0 aliphatic rings. The van der Waals surface area contributed by atoms with Crippen molar-refractivity contribution in [3.05, 3.63) is 77.3 Å². The van der Waals surface area contributed by atoms with E-state index in [0.29, 0.717) is 27.5 Å². The first-order chi connectivity index (χ1) is 12.1. The molecule has 0 saturated carbocycles. The van der Waals surface area contributed by atoms with Crippen molar-refractivity contribution < 1.29 is 14.3 Å². The third-order valence-corrected chi connectivity index (χ3v) is 3.79. The summed E-state index contributed by atoms with van der Waals surface area (Å²) in [4.78, 5) is 28.5. The fourth-order valence-corrected chi connectivity index (χ4v) is 2.52. The molecule has 6 nitrogen and oxygen atoms in total. The zero-order valence-corrected chi connectivity index (χ0v) is 14.0. The molecule has 7 heteroatoms. The maximum Gasteiger partial charge on any atom is 0.339 e. The molecule has 0 amide bonds. The number of nitrogens with zero attached hydrogens (tertiary/aromatic N) is 2. The zero-order valence-electron chi connectivity index (χ0n) is 13.3. The Labute approximate surface area is 149 Å². The number of imidazole rings is 1. The molecule has 0 unspecified atom stereocenters. The maximum absolute atomic E-state index is 12.7. The van der Waals surface area contributed by atoms with E-state index >= 15 is 0 Å². The molecule has 0 spiro atoms. The Morgan fingerprint density at radius 3 is 2.60 bits per heavy atom. The van der Waals surface area contributed by atoms with Gasteiger partial charge in [-0.1, -0.05) is 23.7 Å². The molecule has 0 aliphatic heterocycles. The molecule has 1 aromatic heterocycles. The number of esters is 1. The fourth-order valence-electron chi connectivity index (χ4n) is 2.35. The first-order valence-corrected chi connectivity index (χ1v) is 7.74. The van der Waals surface area contributed by atoms with E-state index in [1.807, 2.05) is 0 Å². The van der Waals surface area contributed by atoms with Gasteiger partial charge in [0.2, 0.25) is 0 Å². The van der Waals surface area contributed by atoms with E-state index in [1.54, 1.807) is 48.7 Å². The smallest absolute Gasteiger partial charge is 0.339 e. The van der Waals surface area contributed by atoms with E-state index in [4.69, 9.17) is 16.3 Å². The molecule has 0 radical (unpaired) electrons. The first kappa shape index (κ1) is 16.7. The number of hydrogen-bond acceptors (Lipinski definition) is 5. The molecule has 126 valence electrons. The van der Waals surface area contributed by atoms with Gasteiger partial charge in [0.05, 0.1) is 29.6 Å². The number of ether oxygens (including phenoxy) is 1. The van der Waals surface area contributed by atoms with Crippen molar-refractivity contribution in [2.24, 2.45) is 0 Å². The molecule has 1 N–H and O–H groups in total. The number of anilines is 2. The zero-order chi connectivity index (χ0) is 17.8. The van der Waals surface area contributed by atoms with Crippen LogP contribution in [0.5, 0.6) is 0 Å². The number of carbonyl (C=O) groups is 2. The third kappa shape index (κ3) is 3.54. The summed E-state index contributed by atoms with van der Waals surface area (Å²) in [5.41, 5.74) is 1.75. The average molecular weight is 356 g/mol. The molecule has 0 aliphatic carbocycles. The van der Waals surface area contributed by atoms with Gasteiger partial charge < -0.3 is 10.1 Å². The van der Waals surface area contributed by atoms with Crippen LogP contribution < -0.4 is 5.32 Å². The lowest BCUT2D eigenvalue weighted by atomic mass is 10.1. The minimum atomic E-state index is -0.473. The summed E-state index contributed by atoms with van der Waals surface area (Å²) >= 11 is 6.05. The molecule has 25 heavy (non-hydrogen) atoms. The predicted octanol–water partition coefficient (Wildman–Crippen LogP) is 3.76. The number of benzene rings is 2. The summed E-state index contributed by atoms with van der Waals surface area (Å²) < 4.78 is 6.14. The van der Waals surface area contributed by atoms with E-state index in [1.165, 1.54) is 24.2 Å². The molecule has 0 atom stereocenters. The van der Waals surface area contributed by atoms with Gasteiger partial charge in [0.1, 0.15) is 6.33 Å². The van der Waals surface area contributed by atoms with Crippen molar-refractivity contribution in [1.82, 2.24) is 9.55 Å². The molecule has 1 heterocycles. The summed E-state index contributed by atoms with van der Waals surface area (Å²) in [6.45, 7) is 0. The van der Waals surface area contributed by atoms with Crippen molar-refractivity contribution in [3.63, 3.8) is 0 Å². The number of aromatic nitrogens is 2. The minimum Gasteiger partial charge on any atom is -0.465 e. The number of rotatable bonds is 4. The van der Waals surface area contributed by atoms with E-state index in [9.17, 15) is 9.59 Å². The Hall–Kier alpha value is -3.12. The van der Waals surface area contributed by atoms with Crippen LogP contribution in [0.2, 0.25) is 5.02 Å². The molecule has 3 rings (SSSR count). The van der Waals surface area contributed by atoms with Crippen LogP contribution >= 0.6 is 11.6 Å². The van der Waals surface area contributed by atoms with Gasteiger partial charge in [-0.05, 0) is 30.3 Å². The van der Waals surface area contributed by atoms with Gasteiger partial charge in [-0.3, -0.25) is 9.36 Å². The highest BCUT2D eigenvalue weighted by Gasteiger charge is 2.17. The van der Waals surface area contributed by atoms with Crippen molar-refractivity contribution in [2.45, 2.75) is 0 Å². The van der Waals surface area contributed by atoms with Crippen LogP contribution in [0.1, 0.15) is 20.7 Å². The monoisotopic (exact) mass is 355 g/mol. The van der Waals surface area contributed by atoms with Crippen molar-refractivity contribution in [1.29, 1.82) is 0 Å². The van der Waals surface area contributed by atoms with Crippen LogP contribution in [0.4, 0.5) is 11.4 Å². The Kier molecular flexibility index (Phi) is 4.81. The molecular formula is C18H14ClN3O3. The van der Waals surface area contributed by atoms with Gasteiger partial charge in [-0.15, -0.1) is 0 Å². The lowest BCUT2D eigenvalue weighted by Gasteiger charge is -2.14. The lowest BCUT2D eigenvalue weighted by Crippen LogP contribution is -2.13. The number of carbonyl (C=O) groups excluding carboxylic acids is 2. The van der Waals surface area contributed by atoms with Crippen LogP contribution in [0, 0.1) is 0 Å². The largest absolute Gasteiger partial charge is 0.465 e. The molecule has 2 aromatic carbocycles. The number of nitrogens with one attached hydrogen (secondary N) is 1. The van der Waals surface area contributed by atoms with Crippen LogP contribution in [0.25, 0.3) is 0 Å². The normalized spacial score (nSPS) is 10.3. The summed E-state index contributed by atoms with van der Waals surface area (Å²) in [7, 11) is 1.31. The maximum atomic E-state index is 12.7. The number of hydrogen-bond donors (Lipinski definition) is 1. The SMILES string of the molecule is COC(=O)c1ccccc1Nc1ccc(Cl)cc1C(=O)n1ccnc1. The number of methoxy groups -OCH3 is 1. The molecule has 3 aromatic rings. The van der Waals surface area contributed by atoms with Crippen LogP contribution in [-0.4, -0.2) is 28.5 Å². The fraction of sp³-hybridized carbons (Fsp3) is 0.0556. The van der Waals surface area contributed by atoms with Crippen LogP contribution in [0.15, 0.2) is 61.2 Å². The van der Waals surface area contributed by atoms with E-state index in [2.05, 4.69) is 10.3 Å². The summed E-state index contributed by atoms with van der Waals surface area (Å²) in [5.74, 6) is -0.766. The quantitative estimate of drug-likeness (QED) is 0.721. The first-order valence-electron chi connectivity index (χ1n) is 7.36. The van der Waals surface area contributed by atoms with Crippen molar-refractivity contribution in [2.75, 3.05) is 12.4 Å². The van der Waals surface area contributed by atoms with E-state index < -0.39 is 5.97 Å². The second-order valence-electron chi connectivity index (χ2n) is 5.13. The van der Waals surface area contributed by atoms with Gasteiger partial charge in [0, 0.05) is 17.4 Å². The van der Waals surface area contributed by atoms with Crippen LogP contribution in [-0.2, 0) is 4.74 Å². The Morgan fingerprint density at radius 2 is 1.88 bits per heavy atom. The Balaban J connectivity index is 2.02. The molecule has 0 saturated heterocycles. The van der Waals surface area contributed by atoms with Crippen molar-refractivity contribution in [3.8, 4) is 0 Å². The molecule has 0 fully saturated rings. The van der Waals surface area contributed by atoms with Crippen LogP contribution in [0.3, 0.4) is 0 Å². The van der Waals surface area contributed by atoms with Gasteiger partial charge in [-0.2, -0.15) is 0 Å². The average Bonchev–Trinajstić information content (AvgIpc) is 3.17. The highest BCUT2D eigenvalue weighted by molar-refractivity contribution is 6.31. The summed E-state index contributed by atoms with van der Waals surface area (Å²) in [6, 6.07) is 11.8. The number of para-hydroxylation sites is 1. The van der Waals surface area contributed by atoms with Gasteiger partial charge in [-0.25, -0.2) is 9.78 Å².